The molecule has 0 spiro atoms. The Morgan fingerprint density at radius 1 is 1.03 bits per heavy atom. The number of nitro groups is 1. The molecule has 0 fully saturated rings. The minimum absolute atomic E-state index is 0.0997. The summed E-state index contributed by atoms with van der Waals surface area (Å²) >= 11 is 0. The maximum absolute atomic E-state index is 13.1. The molecule has 2 amide bonds. The highest BCUT2D eigenvalue weighted by Crippen LogP contribution is 2.32. The average molecular weight is 395 g/mol. The summed E-state index contributed by atoms with van der Waals surface area (Å²) < 4.78 is 0. The normalized spacial score (nSPS) is 13.9. The summed E-state index contributed by atoms with van der Waals surface area (Å²) in [5.41, 5.74) is 1.70. The number of amides is 2. The molecule has 0 radical (unpaired) electrons. The minimum atomic E-state index is -0.523. The van der Waals surface area contributed by atoms with Gasteiger partial charge >= 0.3 is 0 Å². The highest BCUT2D eigenvalue weighted by molar-refractivity contribution is 6.35. The van der Waals surface area contributed by atoms with Crippen molar-refractivity contribution in [1.82, 2.24) is 9.80 Å². The van der Waals surface area contributed by atoms with Crippen LogP contribution in [0.2, 0.25) is 0 Å². The molecule has 1 aliphatic rings. The van der Waals surface area contributed by atoms with Gasteiger partial charge in [-0.2, -0.15) is 0 Å². The molecule has 29 heavy (non-hydrogen) atoms. The van der Waals surface area contributed by atoms with Gasteiger partial charge in [-0.25, -0.2) is 0 Å². The fraction of sp³-hybridized carbons (Fsp3) is 0.238. The third kappa shape index (κ3) is 4.17. The van der Waals surface area contributed by atoms with E-state index in [9.17, 15) is 24.8 Å². The van der Waals surface area contributed by atoms with E-state index in [1.54, 1.807) is 11.9 Å². The molecule has 0 unspecified atom stereocenters. The van der Waals surface area contributed by atoms with E-state index < -0.39 is 16.7 Å². The molecule has 1 heterocycles. The first kappa shape index (κ1) is 20.2. The number of nitro benzene ring substituents is 1. The van der Waals surface area contributed by atoms with E-state index >= 15 is 0 Å². The molecule has 0 atom stereocenters. The van der Waals surface area contributed by atoms with Gasteiger partial charge in [0.1, 0.15) is 5.70 Å². The van der Waals surface area contributed by atoms with Crippen molar-refractivity contribution in [2.24, 2.45) is 0 Å². The third-order valence-corrected chi connectivity index (χ3v) is 4.79. The van der Waals surface area contributed by atoms with Gasteiger partial charge in [-0.3, -0.25) is 24.6 Å². The number of likely N-dealkylation sites (N-methyl/N-ethyl adjacent to an activating group) is 1. The highest BCUT2D eigenvalue weighted by Gasteiger charge is 2.40. The third-order valence-electron chi connectivity index (χ3n) is 4.79. The standard InChI is InChI=1S/C21H21N3O5/c1-22(13-14-25)19-18(16-7-9-17(10-8-16)24(28)29)20(26)23(21(19)27)12-11-15-5-3-2-4-6-15/h2-10,25H,11-14H2,1H3. The summed E-state index contributed by atoms with van der Waals surface area (Å²) in [4.78, 5) is 39.2. The molecule has 0 saturated carbocycles. The Kier molecular flexibility index (Phi) is 6.04. The number of hydrogen-bond acceptors (Lipinski definition) is 6. The van der Waals surface area contributed by atoms with Crippen molar-refractivity contribution in [3.63, 3.8) is 0 Å². The summed E-state index contributed by atoms with van der Waals surface area (Å²) in [6.45, 7) is 0.213. The van der Waals surface area contributed by atoms with Gasteiger partial charge in [0.25, 0.3) is 17.5 Å². The van der Waals surface area contributed by atoms with Crippen LogP contribution in [0.3, 0.4) is 0 Å². The van der Waals surface area contributed by atoms with E-state index in [-0.39, 0.29) is 36.7 Å². The topological polar surface area (TPSA) is 104 Å². The summed E-state index contributed by atoms with van der Waals surface area (Å²) in [5, 5.41) is 20.2. The van der Waals surface area contributed by atoms with Gasteiger partial charge < -0.3 is 10.0 Å². The number of carbonyl (C=O) groups excluding carboxylic acids is 2. The molecule has 1 N–H and O–H groups in total. The number of imide groups is 1. The molecule has 0 aliphatic carbocycles. The lowest BCUT2D eigenvalue weighted by Gasteiger charge is -2.20. The Labute approximate surface area is 167 Å². The fourth-order valence-corrected chi connectivity index (χ4v) is 3.28. The number of nitrogens with zero attached hydrogens (tertiary/aromatic N) is 3. The van der Waals surface area contributed by atoms with Gasteiger partial charge in [0.15, 0.2) is 0 Å². The van der Waals surface area contributed by atoms with Gasteiger partial charge in [0, 0.05) is 32.3 Å². The van der Waals surface area contributed by atoms with Crippen LogP contribution >= 0.6 is 0 Å². The van der Waals surface area contributed by atoms with E-state index in [0.717, 1.165) is 5.56 Å². The van der Waals surface area contributed by atoms with Gasteiger partial charge in [0.05, 0.1) is 17.1 Å². The summed E-state index contributed by atoms with van der Waals surface area (Å²) in [7, 11) is 1.63. The first-order valence-corrected chi connectivity index (χ1v) is 9.15. The SMILES string of the molecule is CN(CCO)C1=C(c2ccc([N+](=O)[O-])cc2)C(=O)N(CCc2ccccc2)C1=O. The Hall–Kier alpha value is -3.52. The summed E-state index contributed by atoms with van der Waals surface area (Å²) in [6, 6.07) is 15.1. The number of benzene rings is 2. The predicted octanol–water partition coefficient (Wildman–Crippen LogP) is 1.84. The second-order valence-corrected chi connectivity index (χ2v) is 6.67. The molecule has 3 rings (SSSR count). The summed E-state index contributed by atoms with van der Waals surface area (Å²) in [6.07, 6.45) is 0.517. The molecule has 150 valence electrons. The predicted molar refractivity (Wildman–Crippen MR) is 107 cm³/mol. The molecule has 1 aliphatic heterocycles. The number of aliphatic hydroxyl groups excluding tert-OH is 1. The molecule has 0 bridgehead atoms. The van der Waals surface area contributed by atoms with Crippen LogP contribution in [0.5, 0.6) is 0 Å². The first-order chi connectivity index (χ1) is 13.9. The van der Waals surface area contributed by atoms with Crippen LogP contribution in [0.4, 0.5) is 5.69 Å². The fourth-order valence-electron chi connectivity index (χ4n) is 3.28. The lowest BCUT2D eigenvalue weighted by molar-refractivity contribution is -0.384. The smallest absolute Gasteiger partial charge is 0.277 e. The number of carbonyl (C=O) groups is 2. The molecular weight excluding hydrogens is 374 g/mol. The minimum Gasteiger partial charge on any atom is -0.395 e. The maximum Gasteiger partial charge on any atom is 0.277 e. The Morgan fingerprint density at radius 3 is 2.28 bits per heavy atom. The molecule has 2 aromatic rings. The van der Waals surface area contributed by atoms with E-state index in [0.29, 0.717) is 12.0 Å². The molecule has 8 nitrogen and oxygen atoms in total. The second kappa shape index (κ2) is 8.66. The Morgan fingerprint density at radius 2 is 1.69 bits per heavy atom. The van der Waals surface area contributed by atoms with Crippen LogP contribution < -0.4 is 0 Å². The number of hydrogen-bond donors (Lipinski definition) is 1. The van der Waals surface area contributed by atoms with E-state index in [4.69, 9.17) is 0 Å². The largest absolute Gasteiger partial charge is 0.395 e. The molecule has 0 aromatic heterocycles. The van der Waals surface area contributed by atoms with Crippen molar-refractivity contribution in [2.45, 2.75) is 6.42 Å². The van der Waals surface area contributed by atoms with E-state index in [2.05, 4.69) is 0 Å². The van der Waals surface area contributed by atoms with Crippen LogP contribution in [0.25, 0.3) is 5.57 Å². The molecule has 2 aromatic carbocycles. The van der Waals surface area contributed by atoms with Crippen molar-refractivity contribution in [2.75, 3.05) is 26.7 Å². The average Bonchev–Trinajstić information content (AvgIpc) is 2.97. The Balaban J connectivity index is 1.93. The second-order valence-electron chi connectivity index (χ2n) is 6.67. The molecule has 0 saturated heterocycles. The number of aliphatic hydroxyl groups is 1. The summed E-state index contributed by atoms with van der Waals surface area (Å²) in [5.74, 6) is -0.880. The monoisotopic (exact) mass is 395 g/mol. The zero-order valence-electron chi connectivity index (χ0n) is 15.9. The van der Waals surface area contributed by atoms with E-state index in [1.165, 1.54) is 29.2 Å². The van der Waals surface area contributed by atoms with Crippen LogP contribution in [0.1, 0.15) is 11.1 Å². The van der Waals surface area contributed by atoms with Crippen molar-refractivity contribution < 1.29 is 19.6 Å². The van der Waals surface area contributed by atoms with Gasteiger partial charge in [0.2, 0.25) is 0 Å². The number of rotatable bonds is 8. The van der Waals surface area contributed by atoms with Crippen molar-refractivity contribution >= 4 is 23.1 Å². The van der Waals surface area contributed by atoms with Gasteiger partial charge in [-0.15, -0.1) is 0 Å². The van der Waals surface area contributed by atoms with Crippen LogP contribution in [-0.4, -0.2) is 58.4 Å². The first-order valence-electron chi connectivity index (χ1n) is 9.15. The maximum atomic E-state index is 13.1. The quantitative estimate of drug-likeness (QED) is 0.416. The van der Waals surface area contributed by atoms with Crippen molar-refractivity contribution in [3.8, 4) is 0 Å². The number of non-ortho nitro benzene ring substituents is 1. The van der Waals surface area contributed by atoms with Crippen molar-refractivity contribution in [1.29, 1.82) is 0 Å². The van der Waals surface area contributed by atoms with Gasteiger partial charge in [-0.1, -0.05) is 30.3 Å². The zero-order chi connectivity index (χ0) is 21.0. The Bertz CT molecular complexity index is 954. The highest BCUT2D eigenvalue weighted by atomic mass is 16.6. The van der Waals surface area contributed by atoms with Gasteiger partial charge in [-0.05, 0) is 29.7 Å². The van der Waals surface area contributed by atoms with Crippen LogP contribution in [0.15, 0.2) is 60.3 Å². The molecular formula is C21H21N3O5. The molecule has 8 heteroatoms. The van der Waals surface area contributed by atoms with E-state index in [1.807, 2.05) is 30.3 Å². The van der Waals surface area contributed by atoms with Crippen molar-refractivity contribution in [3.05, 3.63) is 81.5 Å². The lowest BCUT2D eigenvalue weighted by Crippen LogP contribution is -2.36. The lowest BCUT2D eigenvalue weighted by atomic mass is 10.0. The zero-order valence-corrected chi connectivity index (χ0v) is 15.9. The van der Waals surface area contributed by atoms with Crippen LogP contribution in [-0.2, 0) is 16.0 Å². The van der Waals surface area contributed by atoms with Crippen LogP contribution in [0, 0.1) is 10.1 Å².